The Hall–Kier alpha value is -1.77. The zero-order chi connectivity index (χ0) is 14.2. The maximum absolute atomic E-state index is 12.6. The van der Waals surface area contributed by atoms with Crippen molar-refractivity contribution in [2.75, 3.05) is 5.73 Å². The maximum atomic E-state index is 12.6. The van der Waals surface area contributed by atoms with E-state index in [4.69, 9.17) is 5.73 Å². The molecule has 0 unspecified atom stereocenters. The fraction of sp³-hybridized carbons (Fsp3) is 0.300. The third kappa shape index (κ3) is 2.80. The van der Waals surface area contributed by atoms with Crippen LogP contribution in [0.1, 0.15) is 11.5 Å². The van der Waals surface area contributed by atoms with Crippen molar-refractivity contribution >= 4 is 17.4 Å². The van der Waals surface area contributed by atoms with Crippen LogP contribution in [-0.4, -0.2) is 19.7 Å². The molecule has 0 bridgehead atoms. The number of nitrogen functional groups attached to an aromatic ring is 1. The molecule has 0 aliphatic carbocycles. The highest BCUT2D eigenvalue weighted by molar-refractivity contribution is 7.99. The summed E-state index contributed by atoms with van der Waals surface area (Å²) in [5.74, 6) is 0.658. The SMILES string of the molecule is Cc1nnc(Sc2cc(C(F)(F)F)ncc2N)n1C. The number of aromatic nitrogens is 4. The Kier molecular flexibility index (Phi) is 3.40. The minimum absolute atomic E-state index is 0.165. The smallest absolute Gasteiger partial charge is 0.397 e. The second-order valence-electron chi connectivity index (χ2n) is 3.80. The molecule has 0 aromatic carbocycles. The lowest BCUT2D eigenvalue weighted by Crippen LogP contribution is -2.08. The molecule has 0 saturated carbocycles. The fourth-order valence-electron chi connectivity index (χ4n) is 1.27. The van der Waals surface area contributed by atoms with Crippen molar-refractivity contribution in [2.45, 2.75) is 23.2 Å². The highest BCUT2D eigenvalue weighted by Gasteiger charge is 2.33. The average Bonchev–Trinajstić information content (AvgIpc) is 2.62. The first kappa shape index (κ1) is 13.7. The highest BCUT2D eigenvalue weighted by atomic mass is 32.2. The van der Waals surface area contributed by atoms with Crippen LogP contribution in [0.5, 0.6) is 0 Å². The first-order valence-electron chi connectivity index (χ1n) is 5.15. The zero-order valence-corrected chi connectivity index (χ0v) is 10.9. The van der Waals surface area contributed by atoms with Crippen molar-refractivity contribution < 1.29 is 13.2 Å². The summed E-state index contributed by atoms with van der Waals surface area (Å²) in [7, 11) is 1.72. The lowest BCUT2D eigenvalue weighted by atomic mass is 10.3. The number of halogens is 3. The van der Waals surface area contributed by atoms with Crippen LogP contribution in [0.15, 0.2) is 22.3 Å². The molecule has 0 saturated heterocycles. The standard InChI is InChI=1S/C10H10F3N5S/c1-5-16-17-9(18(5)2)19-7-3-8(10(11,12)13)15-4-6(7)14/h3-4H,14H2,1-2H3. The minimum Gasteiger partial charge on any atom is -0.397 e. The van der Waals surface area contributed by atoms with Gasteiger partial charge in [-0.3, -0.25) is 0 Å². The molecule has 0 amide bonds. The van der Waals surface area contributed by atoms with E-state index in [0.717, 1.165) is 24.0 Å². The van der Waals surface area contributed by atoms with Gasteiger partial charge in [-0.25, -0.2) is 4.98 Å². The highest BCUT2D eigenvalue weighted by Crippen LogP contribution is 2.35. The molecule has 5 nitrogen and oxygen atoms in total. The monoisotopic (exact) mass is 289 g/mol. The normalized spacial score (nSPS) is 11.8. The Labute approximate surface area is 111 Å². The molecule has 2 rings (SSSR count). The van der Waals surface area contributed by atoms with Crippen LogP contribution in [0.25, 0.3) is 0 Å². The van der Waals surface area contributed by atoms with Gasteiger partial charge in [-0.05, 0) is 24.8 Å². The number of hydrogen-bond donors (Lipinski definition) is 1. The molecule has 9 heteroatoms. The Balaban J connectivity index is 2.37. The zero-order valence-electron chi connectivity index (χ0n) is 10.1. The Morgan fingerprint density at radius 1 is 1.32 bits per heavy atom. The summed E-state index contributed by atoms with van der Waals surface area (Å²) in [6.45, 7) is 1.74. The largest absolute Gasteiger partial charge is 0.433 e. The third-order valence-electron chi connectivity index (χ3n) is 2.44. The van der Waals surface area contributed by atoms with Crippen molar-refractivity contribution in [1.29, 1.82) is 0 Å². The second-order valence-corrected chi connectivity index (χ2v) is 4.81. The number of anilines is 1. The number of rotatable bonds is 2. The molecule has 19 heavy (non-hydrogen) atoms. The summed E-state index contributed by atoms with van der Waals surface area (Å²) in [4.78, 5) is 3.52. The average molecular weight is 289 g/mol. The fourth-order valence-corrected chi connectivity index (χ4v) is 2.15. The van der Waals surface area contributed by atoms with Crippen molar-refractivity contribution in [3.8, 4) is 0 Å². The lowest BCUT2D eigenvalue weighted by molar-refractivity contribution is -0.141. The van der Waals surface area contributed by atoms with E-state index >= 15 is 0 Å². The van der Waals surface area contributed by atoms with Gasteiger partial charge in [0.1, 0.15) is 11.5 Å². The van der Waals surface area contributed by atoms with Crippen LogP contribution >= 0.6 is 11.8 Å². The van der Waals surface area contributed by atoms with Crippen molar-refractivity contribution in [3.63, 3.8) is 0 Å². The number of nitrogens with zero attached hydrogens (tertiary/aromatic N) is 4. The van der Waals surface area contributed by atoms with Crippen molar-refractivity contribution in [1.82, 2.24) is 19.7 Å². The van der Waals surface area contributed by atoms with Crippen LogP contribution in [0.3, 0.4) is 0 Å². The molecule has 0 radical (unpaired) electrons. The van der Waals surface area contributed by atoms with E-state index in [-0.39, 0.29) is 10.6 Å². The van der Waals surface area contributed by atoms with Gasteiger partial charge in [0.05, 0.1) is 11.9 Å². The van der Waals surface area contributed by atoms with Crippen LogP contribution in [0.2, 0.25) is 0 Å². The summed E-state index contributed by atoms with van der Waals surface area (Å²) in [5.41, 5.74) is 4.81. The van der Waals surface area contributed by atoms with E-state index in [9.17, 15) is 13.2 Å². The van der Waals surface area contributed by atoms with Crippen LogP contribution in [0, 0.1) is 6.92 Å². The van der Waals surface area contributed by atoms with Gasteiger partial charge in [0.15, 0.2) is 5.16 Å². The molecule has 2 aromatic rings. The Morgan fingerprint density at radius 2 is 2.00 bits per heavy atom. The molecule has 0 atom stereocenters. The number of aryl methyl sites for hydroxylation is 1. The number of nitrogens with two attached hydrogens (primary N) is 1. The van der Waals surface area contributed by atoms with Gasteiger partial charge in [-0.1, -0.05) is 0 Å². The van der Waals surface area contributed by atoms with Gasteiger partial charge in [-0.15, -0.1) is 10.2 Å². The van der Waals surface area contributed by atoms with Crippen molar-refractivity contribution in [3.05, 3.63) is 23.8 Å². The Bertz CT molecular complexity index is 608. The van der Waals surface area contributed by atoms with Gasteiger partial charge >= 0.3 is 6.18 Å². The van der Waals surface area contributed by atoms with Gasteiger partial charge in [0, 0.05) is 11.9 Å². The number of alkyl halides is 3. The Morgan fingerprint density at radius 3 is 2.53 bits per heavy atom. The number of hydrogen-bond acceptors (Lipinski definition) is 5. The van der Waals surface area contributed by atoms with Crippen LogP contribution in [-0.2, 0) is 13.2 Å². The summed E-state index contributed by atoms with van der Waals surface area (Å²) in [6, 6.07) is 0.907. The van der Waals surface area contributed by atoms with Crippen molar-refractivity contribution in [2.24, 2.45) is 7.05 Å². The van der Waals surface area contributed by atoms with Gasteiger partial charge in [0.25, 0.3) is 0 Å². The summed E-state index contributed by atoms with van der Waals surface area (Å²) in [6.07, 6.45) is -3.51. The summed E-state index contributed by atoms with van der Waals surface area (Å²) in [5, 5.41) is 8.15. The van der Waals surface area contributed by atoms with E-state index in [1.807, 2.05) is 0 Å². The maximum Gasteiger partial charge on any atom is 0.433 e. The summed E-state index contributed by atoms with van der Waals surface area (Å²) < 4.78 is 39.4. The molecule has 2 N–H and O–H groups in total. The molecule has 0 fully saturated rings. The van der Waals surface area contributed by atoms with E-state index < -0.39 is 11.9 Å². The van der Waals surface area contributed by atoms with Crippen LogP contribution < -0.4 is 5.73 Å². The van der Waals surface area contributed by atoms with E-state index in [0.29, 0.717) is 11.0 Å². The van der Waals surface area contributed by atoms with E-state index in [1.54, 1.807) is 18.5 Å². The predicted octanol–water partition coefficient (Wildman–Crippen LogP) is 2.27. The topological polar surface area (TPSA) is 69.6 Å². The molecule has 0 spiro atoms. The molecule has 2 heterocycles. The van der Waals surface area contributed by atoms with Crippen LogP contribution in [0.4, 0.5) is 18.9 Å². The van der Waals surface area contributed by atoms with Gasteiger partial charge in [-0.2, -0.15) is 13.2 Å². The minimum atomic E-state index is -4.50. The molecule has 102 valence electrons. The first-order valence-corrected chi connectivity index (χ1v) is 5.97. The third-order valence-corrected chi connectivity index (χ3v) is 3.55. The molecule has 0 aliphatic heterocycles. The van der Waals surface area contributed by atoms with Gasteiger partial charge in [0.2, 0.25) is 0 Å². The summed E-state index contributed by atoms with van der Waals surface area (Å²) >= 11 is 1.02. The van der Waals surface area contributed by atoms with Gasteiger partial charge < -0.3 is 10.3 Å². The second kappa shape index (κ2) is 4.72. The molecular formula is C10H10F3N5S. The van der Waals surface area contributed by atoms with E-state index in [2.05, 4.69) is 15.2 Å². The number of pyridine rings is 1. The molecular weight excluding hydrogens is 279 g/mol. The molecule has 2 aromatic heterocycles. The molecule has 0 aliphatic rings. The first-order chi connectivity index (χ1) is 8.79. The lowest BCUT2D eigenvalue weighted by Gasteiger charge is -2.09. The quantitative estimate of drug-likeness (QED) is 0.918. The predicted molar refractivity (Wildman–Crippen MR) is 63.5 cm³/mol. The van der Waals surface area contributed by atoms with E-state index in [1.165, 1.54) is 0 Å².